The van der Waals surface area contributed by atoms with Crippen LogP contribution in [-0.4, -0.2) is 20.8 Å². The summed E-state index contributed by atoms with van der Waals surface area (Å²) in [5.41, 5.74) is 2.90. The van der Waals surface area contributed by atoms with E-state index in [1.54, 1.807) is 34.6 Å². The van der Waals surface area contributed by atoms with Gasteiger partial charge in [0.2, 0.25) is 0 Å². The number of hydrogen-bond donors (Lipinski definition) is 2. The zero-order valence-corrected chi connectivity index (χ0v) is 13.5. The molecule has 2 amide bonds. The van der Waals surface area contributed by atoms with Crippen molar-refractivity contribution in [2.24, 2.45) is 7.05 Å². The van der Waals surface area contributed by atoms with Crippen LogP contribution in [0.1, 0.15) is 10.4 Å². The zero-order chi connectivity index (χ0) is 16.1. The molecular weight excluding hydrogens is 310 g/mol. The van der Waals surface area contributed by atoms with Crippen molar-refractivity contribution in [2.45, 2.75) is 13.1 Å². The normalized spacial score (nSPS) is 10.5. The molecule has 0 unspecified atom stereocenters. The number of nitrogens with one attached hydrogen (secondary N) is 2. The van der Waals surface area contributed by atoms with E-state index >= 15 is 0 Å². The first kappa shape index (κ1) is 15.2. The summed E-state index contributed by atoms with van der Waals surface area (Å²) < 4.78 is 1.79. The van der Waals surface area contributed by atoms with Crippen molar-refractivity contribution in [1.82, 2.24) is 25.4 Å². The fourth-order valence-corrected chi connectivity index (χ4v) is 2.85. The van der Waals surface area contributed by atoms with E-state index in [1.165, 1.54) is 0 Å². The minimum atomic E-state index is -0.190. The average molecular weight is 327 g/mol. The van der Waals surface area contributed by atoms with Crippen LogP contribution in [-0.2, 0) is 20.1 Å². The van der Waals surface area contributed by atoms with E-state index in [0.717, 1.165) is 21.7 Å². The molecule has 0 aliphatic rings. The lowest BCUT2D eigenvalue weighted by Gasteiger charge is -2.08. The van der Waals surface area contributed by atoms with Crippen molar-refractivity contribution >= 4 is 17.4 Å². The number of pyridine rings is 1. The highest BCUT2D eigenvalue weighted by molar-refractivity contribution is 7.09. The summed E-state index contributed by atoms with van der Waals surface area (Å²) in [7, 11) is 1.89. The standard InChI is InChI=1S/C16H17N5OS/c1-21-15(4-5-20-21)13-7-12(8-17-10-13)9-18-16(22)19-11-14-3-2-6-23-14/h2-8,10H,9,11H2,1H3,(H2,18,19,22). The third-order valence-electron chi connectivity index (χ3n) is 3.37. The van der Waals surface area contributed by atoms with E-state index in [-0.39, 0.29) is 6.03 Å². The van der Waals surface area contributed by atoms with Crippen molar-refractivity contribution < 1.29 is 4.79 Å². The number of aromatic nitrogens is 3. The minimum absolute atomic E-state index is 0.190. The largest absolute Gasteiger partial charge is 0.334 e. The molecule has 0 saturated heterocycles. The van der Waals surface area contributed by atoms with Gasteiger partial charge in [-0.05, 0) is 29.1 Å². The lowest BCUT2D eigenvalue weighted by Crippen LogP contribution is -2.34. The van der Waals surface area contributed by atoms with E-state index in [2.05, 4.69) is 20.7 Å². The molecule has 2 N–H and O–H groups in total. The number of aryl methyl sites for hydroxylation is 1. The second kappa shape index (κ2) is 7.06. The van der Waals surface area contributed by atoms with Crippen molar-refractivity contribution in [3.8, 4) is 11.3 Å². The number of urea groups is 1. The second-order valence-electron chi connectivity index (χ2n) is 5.04. The number of carbonyl (C=O) groups is 1. The Balaban J connectivity index is 1.56. The molecule has 0 aliphatic carbocycles. The molecular formula is C16H17N5OS. The second-order valence-corrected chi connectivity index (χ2v) is 6.07. The Bertz CT molecular complexity index is 781. The highest BCUT2D eigenvalue weighted by Gasteiger charge is 2.06. The Morgan fingerprint density at radius 2 is 2.13 bits per heavy atom. The number of rotatable bonds is 5. The van der Waals surface area contributed by atoms with Gasteiger partial charge >= 0.3 is 6.03 Å². The van der Waals surface area contributed by atoms with Crippen LogP contribution in [0.25, 0.3) is 11.3 Å². The SMILES string of the molecule is Cn1nccc1-c1cncc(CNC(=O)NCc2cccs2)c1. The summed E-state index contributed by atoms with van der Waals surface area (Å²) in [6.45, 7) is 0.964. The molecule has 3 heterocycles. The van der Waals surface area contributed by atoms with Gasteiger partial charge in [0.05, 0.1) is 12.2 Å². The van der Waals surface area contributed by atoms with E-state index < -0.39 is 0 Å². The van der Waals surface area contributed by atoms with Gasteiger partial charge in [0.1, 0.15) is 0 Å². The molecule has 0 fully saturated rings. The van der Waals surface area contributed by atoms with Gasteiger partial charge in [-0.25, -0.2) is 4.79 Å². The number of thiophene rings is 1. The monoisotopic (exact) mass is 327 g/mol. The highest BCUT2D eigenvalue weighted by atomic mass is 32.1. The molecule has 7 heteroatoms. The van der Waals surface area contributed by atoms with Gasteiger partial charge in [0, 0.05) is 42.6 Å². The van der Waals surface area contributed by atoms with Crippen molar-refractivity contribution in [1.29, 1.82) is 0 Å². The fraction of sp³-hybridized carbons (Fsp3) is 0.188. The van der Waals surface area contributed by atoms with Crippen LogP contribution in [0.2, 0.25) is 0 Å². The fourth-order valence-electron chi connectivity index (χ4n) is 2.21. The Labute approximate surface area is 138 Å². The lowest BCUT2D eigenvalue weighted by atomic mass is 10.1. The molecule has 0 saturated carbocycles. The molecule has 0 atom stereocenters. The van der Waals surface area contributed by atoms with Crippen molar-refractivity contribution in [2.75, 3.05) is 0 Å². The lowest BCUT2D eigenvalue weighted by molar-refractivity contribution is 0.240. The van der Waals surface area contributed by atoms with Crippen LogP contribution in [0.4, 0.5) is 4.79 Å². The van der Waals surface area contributed by atoms with Crippen LogP contribution >= 0.6 is 11.3 Å². The maximum absolute atomic E-state index is 11.8. The van der Waals surface area contributed by atoms with Gasteiger partial charge in [-0.15, -0.1) is 11.3 Å². The third kappa shape index (κ3) is 3.95. The number of amides is 2. The van der Waals surface area contributed by atoms with Crippen LogP contribution < -0.4 is 10.6 Å². The molecule has 0 aromatic carbocycles. The van der Waals surface area contributed by atoms with Gasteiger partial charge in [0.15, 0.2) is 0 Å². The van der Waals surface area contributed by atoms with Crippen LogP contribution in [0.5, 0.6) is 0 Å². The van der Waals surface area contributed by atoms with Crippen LogP contribution in [0.15, 0.2) is 48.2 Å². The first-order valence-corrected chi connectivity index (χ1v) is 8.07. The van der Waals surface area contributed by atoms with Gasteiger partial charge < -0.3 is 10.6 Å². The maximum Gasteiger partial charge on any atom is 0.315 e. The number of carbonyl (C=O) groups excluding carboxylic acids is 1. The molecule has 0 spiro atoms. The van der Waals surface area contributed by atoms with Gasteiger partial charge in [-0.1, -0.05) is 6.07 Å². The Hall–Kier alpha value is -2.67. The quantitative estimate of drug-likeness (QED) is 0.756. The number of nitrogens with zero attached hydrogens (tertiary/aromatic N) is 3. The predicted octanol–water partition coefficient (Wildman–Crippen LogP) is 2.54. The van der Waals surface area contributed by atoms with Gasteiger partial charge in [-0.3, -0.25) is 9.67 Å². The van der Waals surface area contributed by atoms with E-state index in [4.69, 9.17) is 0 Å². The molecule has 3 aromatic rings. The minimum Gasteiger partial charge on any atom is -0.334 e. The van der Waals surface area contributed by atoms with E-state index in [0.29, 0.717) is 13.1 Å². The Morgan fingerprint density at radius 3 is 2.87 bits per heavy atom. The topological polar surface area (TPSA) is 71.8 Å². The van der Waals surface area contributed by atoms with Crippen molar-refractivity contribution in [3.05, 3.63) is 58.7 Å². The van der Waals surface area contributed by atoms with Crippen LogP contribution in [0.3, 0.4) is 0 Å². The molecule has 3 rings (SSSR count). The number of hydrogen-bond acceptors (Lipinski definition) is 4. The summed E-state index contributed by atoms with van der Waals surface area (Å²) in [6.07, 6.45) is 5.29. The Kier molecular flexibility index (Phi) is 4.68. The summed E-state index contributed by atoms with van der Waals surface area (Å²) >= 11 is 1.62. The maximum atomic E-state index is 11.8. The molecule has 3 aromatic heterocycles. The summed E-state index contributed by atoms with van der Waals surface area (Å²) in [4.78, 5) is 17.2. The molecule has 6 nitrogen and oxygen atoms in total. The zero-order valence-electron chi connectivity index (χ0n) is 12.7. The predicted molar refractivity (Wildman–Crippen MR) is 89.8 cm³/mol. The molecule has 118 valence electrons. The Morgan fingerprint density at radius 1 is 1.26 bits per heavy atom. The first-order valence-electron chi connectivity index (χ1n) is 7.19. The van der Waals surface area contributed by atoms with E-state index in [9.17, 15) is 4.79 Å². The molecule has 0 bridgehead atoms. The van der Waals surface area contributed by atoms with Gasteiger partial charge in [-0.2, -0.15) is 5.10 Å². The first-order chi connectivity index (χ1) is 11.2. The molecule has 0 radical (unpaired) electrons. The summed E-state index contributed by atoms with van der Waals surface area (Å²) in [6, 6.07) is 7.71. The third-order valence-corrected chi connectivity index (χ3v) is 4.24. The van der Waals surface area contributed by atoms with Gasteiger partial charge in [0.25, 0.3) is 0 Å². The summed E-state index contributed by atoms with van der Waals surface area (Å²) in [5.74, 6) is 0. The van der Waals surface area contributed by atoms with Crippen LogP contribution in [0, 0.1) is 0 Å². The molecule has 0 aliphatic heterocycles. The van der Waals surface area contributed by atoms with E-state index in [1.807, 2.05) is 36.7 Å². The van der Waals surface area contributed by atoms with Crippen molar-refractivity contribution in [3.63, 3.8) is 0 Å². The smallest absolute Gasteiger partial charge is 0.315 e. The highest BCUT2D eigenvalue weighted by Crippen LogP contribution is 2.18. The summed E-state index contributed by atoms with van der Waals surface area (Å²) in [5, 5.41) is 11.8. The molecule has 23 heavy (non-hydrogen) atoms. The average Bonchev–Trinajstić information content (AvgIpc) is 3.22.